The van der Waals surface area contributed by atoms with Crippen LogP contribution in [0.25, 0.3) is 0 Å². The van der Waals surface area contributed by atoms with Gasteiger partial charge in [0.25, 0.3) is 0 Å². The van der Waals surface area contributed by atoms with Crippen LogP contribution >= 0.6 is 15.6 Å². The molecular weight excluding hydrogens is 1390 g/mol. The summed E-state index contributed by atoms with van der Waals surface area (Å²) in [6.07, 6.45) is 78.0. The molecule has 3 N–H and O–H groups in total. The summed E-state index contributed by atoms with van der Waals surface area (Å²) >= 11 is 0. The highest BCUT2D eigenvalue weighted by Crippen LogP contribution is 2.45. The number of unbranched alkanes of at least 4 members (excludes halogenated alkanes) is 63. The molecule has 0 aromatic carbocycles. The highest BCUT2D eigenvalue weighted by Gasteiger charge is 2.30. The maximum absolute atomic E-state index is 13.2. The number of carbonyl (C=O) groups excluding carboxylic acids is 4. The van der Waals surface area contributed by atoms with Gasteiger partial charge in [-0.15, -0.1) is 0 Å². The molecule has 0 amide bonds. The summed E-state index contributed by atoms with van der Waals surface area (Å²) < 4.78 is 68.9. The molecule has 107 heavy (non-hydrogen) atoms. The van der Waals surface area contributed by atoms with Crippen LogP contribution in [0.5, 0.6) is 0 Å². The second-order valence-electron chi connectivity index (χ2n) is 31.6. The van der Waals surface area contributed by atoms with Crippen LogP contribution in [0.3, 0.4) is 0 Å². The summed E-state index contributed by atoms with van der Waals surface area (Å²) in [4.78, 5) is 73.2. The minimum Gasteiger partial charge on any atom is -0.462 e. The minimum atomic E-state index is -4.97. The second-order valence-corrected chi connectivity index (χ2v) is 34.5. The van der Waals surface area contributed by atoms with Crippen LogP contribution in [-0.2, 0) is 65.4 Å². The van der Waals surface area contributed by atoms with Gasteiger partial charge in [-0.05, 0) is 25.7 Å². The lowest BCUT2D eigenvalue weighted by molar-refractivity contribution is -0.161. The van der Waals surface area contributed by atoms with Gasteiger partial charge in [0.2, 0.25) is 0 Å². The number of phosphoric acid groups is 2. The molecule has 0 rings (SSSR count). The molecule has 0 aliphatic rings. The fourth-order valence-electron chi connectivity index (χ4n) is 13.9. The number of hydrogen-bond acceptors (Lipinski definition) is 15. The van der Waals surface area contributed by atoms with Crippen molar-refractivity contribution < 1.29 is 80.2 Å². The first kappa shape index (κ1) is 105. The summed E-state index contributed by atoms with van der Waals surface area (Å²) in [5, 5.41) is 10.7. The van der Waals surface area contributed by atoms with Crippen molar-refractivity contribution in [2.24, 2.45) is 0 Å². The van der Waals surface area contributed by atoms with Crippen molar-refractivity contribution in [2.75, 3.05) is 39.6 Å². The van der Waals surface area contributed by atoms with E-state index in [0.717, 1.165) is 89.9 Å². The zero-order chi connectivity index (χ0) is 78.1. The number of aliphatic hydroxyl groups is 1. The molecule has 2 unspecified atom stereocenters. The Morgan fingerprint density at radius 2 is 0.374 bits per heavy atom. The molecule has 0 heterocycles. The van der Waals surface area contributed by atoms with E-state index in [4.69, 9.17) is 37.0 Å². The van der Waals surface area contributed by atoms with Gasteiger partial charge in [0, 0.05) is 25.7 Å². The molecule has 636 valence electrons. The van der Waals surface area contributed by atoms with E-state index >= 15 is 0 Å². The predicted molar refractivity (Wildman–Crippen MR) is 442 cm³/mol. The minimum absolute atomic E-state index is 0.109. The SMILES string of the molecule is CCCCCCCCCCCCCCCCCCCCCCCCC(=O)OC[C@H](COP(=O)(O)OC[C@@H](O)COP(=O)(O)OC[C@@H](COC(=O)CCCCCCCCCCCC)OC(=O)CCCCCCCCCCCCCCC)OC(=O)CCCCCCCCCCCCCCCCCCCCCCCC. The molecule has 0 aliphatic heterocycles. The number of esters is 4. The Hall–Kier alpha value is -1.94. The van der Waals surface area contributed by atoms with Gasteiger partial charge in [-0.3, -0.25) is 37.3 Å². The average Bonchev–Trinajstić information content (AvgIpc) is 0.901. The summed E-state index contributed by atoms with van der Waals surface area (Å²) in [5.74, 6) is -2.10. The predicted octanol–water partition coefficient (Wildman–Crippen LogP) is 27.3. The van der Waals surface area contributed by atoms with Gasteiger partial charge in [0.1, 0.15) is 19.3 Å². The topological polar surface area (TPSA) is 237 Å². The van der Waals surface area contributed by atoms with E-state index in [1.807, 2.05) is 0 Å². The maximum Gasteiger partial charge on any atom is 0.472 e. The fraction of sp³-hybridized carbons (Fsp3) is 0.955. The zero-order valence-electron chi connectivity index (χ0n) is 70.1. The molecule has 0 aliphatic carbocycles. The smallest absolute Gasteiger partial charge is 0.462 e. The largest absolute Gasteiger partial charge is 0.472 e. The van der Waals surface area contributed by atoms with Gasteiger partial charge in [-0.1, -0.05) is 432 Å². The molecule has 0 aromatic heterocycles. The average molecular weight is 1560 g/mol. The van der Waals surface area contributed by atoms with E-state index in [0.29, 0.717) is 25.7 Å². The van der Waals surface area contributed by atoms with Crippen LogP contribution in [0.2, 0.25) is 0 Å². The summed E-state index contributed by atoms with van der Waals surface area (Å²) in [5.41, 5.74) is 0. The third-order valence-corrected chi connectivity index (χ3v) is 22.8. The van der Waals surface area contributed by atoms with Crippen LogP contribution in [0.15, 0.2) is 0 Å². The third-order valence-electron chi connectivity index (χ3n) is 20.9. The fourth-order valence-corrected chi connectivity index (χ4v) is 15.5. The first-order chi connectivity index (χ1) is 52.2. The molecule has 17 nitrogen and oxygen atoms in total. The number of ether oxygens (including phenoxy) is 4. The molecule has 0 saturated carbocycles. The Morgan fingerprint density at radius 1 is 0.224 bits per heavy atom. The van der Waals surface area contributed by atoms with Crippen LogP contribution < -0.4 is 0 Å². The lowest BCUT2D eigenvalue weighted by Gasteiger charge is -2.21. The van der Waals surface area contributed by atoms with Crippen molar-refractivity contribution in [1.29, 1.82) is 0 Å². The lowest BCUT2D eigenvalue weighted by Crippen LogP contribution is -2.30. The van der Waals surface area contributed by atoms with E-state index in [9.17, 15) is 43.2 Å². The standard InChI is InChI=1S/C88H172O17P2/c1-5-9-13-17-21-25-29-32-34-36-38-40-42-44-46-48-51-53-57-61-65-69-73-86(91)99-79-84(105-88(93)75-71-67-63-59-55-52-49-47-45-43-41-39-37-35-33-30-26-22-18-14-10-6-2)81-103-107(96,97)101-77-82(89)76-100-106(94,95)102-80-83(78-98-85(90)72-68-64-60-56-28-24-20-16-12-8-4)104-87(92)74-70-66-62-58-54-50-31-27-23-19-15-11-7-3/h82-84,89H,5-81H2,1-4H3,(H,94,95)(H,96,97)/t82-,83+,84+/m0/s1. The monoisotopic (exact) mass is 1560 g/mol. The van der Waals surface area contributed by atoms with Gasteiger partial charge in [-0.2, -0.15) is 0 Å². The van der Waals surface area contributed by atoms with Crippen molar-refractivity contribution in [3.05, 3.63) is 0 Å². The van der Waals surface area contributed by atoms with Crippen LogP contribution in [0.4, 0.5) is 0 Å². The Labute approximate surface area is 658 Å². The first-order valence-corrected chi connectivity index (χ1v) is 48.8. The van der Waals surface area contributed by atoms with E-state index in [1.165, 1.54) is 315 Å². The normalized spacial score (nSPS) is 13.7. The highest BCUT2D eigenvalue weighted by molar-refractivity contribution is 7.47. The van der Waals surface area contributed by atoms with Gasteiger partial charge < -0.3 is 33.8 Å². The molecule has 0 fully saturated rings. The van der Waals surface area contributed by atoms with Gasteiger partial charge in [-0.25, -0.2) is 9.13 Å². The summed E-state index contributed by atoms with van der Waals surface area (Å²) in [6.45, 7) is 5.05. The van der Waals surface area contributed by atoms with E-state index in [2.05, 4.69) is 27.7 Å². The Kier molecular flexibility index (Phi) is 80.6. The molecule has 0 radical (unpaired) electrons. The highest BCUT2D eigenvalue weighted by atomic mass is 31.2. The Balaban J connectivity index is 5.18. The number of phosphoric ester groups is 2. The Morgan fingerprint density at radius 3 is 0.551 bits per heavy atom. The van der Waals surface area contributed by atoms with Crippen LogP contribution in [0.1, 0.15) is 484 Å². The number of rotatable bonds is 89. The van der Waals surface area contributed by atoms with E-state index in [-0.39, 0.29) is 25.7 Å². The molecule has 0 saturated heterocycles. The summed E-state index contributed by atoms with van der Waals surface area (Å²) in [6, 6.07) is 0. The van der Waals surface area contributed by atoms with Crippen molar-refractivity contribution in [3.63, 3.8) is 0 Å². The zero-order valence-corrected chi connectivity index (χ0v) is 71.9. The van der Waals surface area contributed by atoms with Crippen molar-refractivity contribution >= 4 is 39.5 Å². The maximum atomic E-state index is 13.2. The molecule has 19 heteroatoms. The molecule has 0 spiro atoms. The van der Waals surface area contributed by atoms with E-state index in [1.54, 1.807) is 0 Å². The van der Waals surface area contributed by atoms with Crippen molar-refractivity contribution in [3.8, 4) is 0 Å². The van der Waals surface area contributed by atoms with Crippen LogP contribution in [0, 0.1) is 0 Å². The second kappa shape index (κ2) is 82.1. The van der Waals surface area contributed by atoms with Gasteiger partial charge in [0.05, 0.1) is 26.4 Å². The van der Waals surface area contributed by atoms with Gasteiger partial charge in [0.15, 0.2) is 12.2 Å². The van der Waals surface area contributed by atoms with E-state index < -0.39 is 97.5 Å². The molecule has 5 atom stereocenters. The molecular formula is C88H172O17P2. The van der Waals surface area contributed by atoms with Gasteiger partial charge >= 0.3 is 39.5 Å². The van der Waals surface area contributed by atoms with Crippen molar-refractivity contribution in [2.45, 2.75) is 502 Å². The number of hydrogen-bond donors (Lipinski definition) is 3. The van der Waals surface area contributed by atoms with Crippen LogP contribution in [-0.4, -0.2) is 96.7 Å². The number of carbonyl (C=O) groups is 4. The molecule has 0 bridgehead atoms. The lowest BCUT2D eigenvalue weighted by atomic mass is 10.0. The van der Waals surface area contributed by atoms with Crippen molar-refractivity contribution in [1.82, 2.24) is 0 Å². The third kappa shape index (κ3) is 81.9. The number of aliphatic hydroxyl groups excluding tert-OH is 1. The molecule has 0 aromatic rings. The summed E-state index contributed by atoms with van der Waals surface area (Å²) in [7, 11) is -9.92. The first-order valence-electron chi connectivity index (χ1n) is 45.8. The Bertz CT molecular complexity index is 2020. The quantitative estimate of drug-likeness (QED) is 0.0222.